The van der Waals surface area contributed by atoms with Crippen molar-refractivity contribution in [2.45, 2.75) is 48.0 Å². The Labute approximate surface area is 101 Å². The van der Waals surface area contributed by atoms with Crippen molar-refractivity contribution in [3.05, 3.63) is 35.4 Å². The monoisotopic (exact) mass is 216 g/mol. The molecule has 0 N–H and O–H groups in total. The summed E-state index contributed by atoms with van der Waals surface area (Å²) < 4.78 is 0. The lowest BCUT2D eigenvalue weighted by molar-refractivity contribution is 0.571. The molecule has 0 aliphatic carbocycles. The topological polar surface area (TPSA) is 0 Å². The molecule has 0 aliphatic heterocycles. The molecule has 0 fully saturated rings. The Balaban J connectivity index is 0.000000673. The summed E-state index contributed by atoms with van der Waals surface area (Å²) in [6.45, 7) is 12.7. The molecule has 0 spiro atoms. The lowest BCUT2D eigenvalue weighted by Crippen LogP contribution is -1.99. The maximum Gasteiger partial charge on any atom is 0.0245 e. The minimum Gasteiger partial charge on any atom is -0.0920 e. The van der Waals surface area contributed by atoms with Crippen molar-refractivity contribution in [1.29, 1.82) is 0 Å². The molecular formula is C16H24. The smallest absolute Gasteiger partial charge is 0.0245 e. The largest absolute Gasteiger partial charge is 0.0920 e. The highest BCUT2D eigenvalue weighted by Crippen LogP contribution is 2.11. The Hall–Kier alpha value is -1.22. The normalized spacial score (nSPS) is 9.62. The molecule has 1 aromatic rings. The number of benzene rings is 1. The molecule has 0 saturated heterocycles. The van der Waals surface area contributed by atoms with Crippen LogP contribution >= 0.6 is 0 Å². The van der Waals surface area contributed by atoms with Crippen LogP contribution in [0.4, 0.5) is 0 Å². The van der Waals surface area contributed by atoms with Crippen LogP contribution in [-0.4, -0.2) is 0 Å². The fourth-order valence-corrected chi connectivity index (χ4v) is 0.897. The van der Waals surface area contributed by atoms with Crippen molar-refractivity contribution in [3.63, 3.8) is 0 Å². The van der Waals surface area contributed by atoms with E-state index in [0.717, 1.165) is 5.56 Å². The molecule has 0 aliphatic rings. The van der Waals surface area contributed by atoms with Gasteiger partial charge in [-0.3, -0.25) is 0 Å². The highest BCUT2D eigenvalue weighted by molar-refractivity contribution is 5.36. The second kappa shape index (κ2) is 7.12. The molecule has 0 nitrogen and oxygen atoms in total. The number of hydrogen-bond donors (Lipinski definition) is 0. The van der Waals surface area contributed by atoms with E-state index in [1.54, 1.807) is 0 Å². The van der Waals surface area contributed by atoms with E-state index >= 15 is 0 Å². The van der Waals surface area contributed by atoms with Crippen molar-refractivity contribution in [1.82, 2.24) is 0 Å². The van der Waals surface area contributed by atoms with Crippen molar-refractivity contribution in [3.8, 4) is 11.8 Å². The van der Waals surface area contributed by atoms with Crippen LogP contribution in [0.25, 0.3) is 0 Å². The van der Waals surface area contributed by atoms with Gasteiger partial charge in [-0.15, -0.1) is 0 Å². The van der Waals surface area contributed by atoms with E-state index in [4.69, 9.17) is 0 Å². The van der Waals surface area contributed by atoms with Crippen molar-refractivity contribution >= 4 is 0 Å². The minimum absolute atomic E-state index is 0.0882. The van der Waals surface area contributed by atoms with E-state index in [1.807, 2.05) is 0 Å². The van der Waals surface area contributed by atoms with E-state index in [9.17, 15) is 0 Å². The van der Waals surface area contributed by atoms with Crippen LogP contribution in [0.2, 0.25) is 0 Å². The van der Waals surface area contributed by atoms with Crippen molar-refractivity contribution < 1.29 is 0 Å². The summed E-state index contributed by atoms with van der Waals surface area (Å²) in [7, 11) is 0. The van der Waals surface area contributed by atoms with Crippen molar-refractivity contribution in [2.24, 2.45) is 5.41 Å². The molecule has 16 heavy (non-hydrogen) atoms. The molecule has 0 amide bonds. The molecule has 0 saturated carbocycles. The van der Waals surface area contributed by atoms with Crippen LogP contribution in [-0.2, 0) is 0 Å². The summed E-state index contributed by atoms with van der Waals surface area (Å²) in [6.07, 6.45) is 1.25. The van der Waals surface area contributed by atoms with Gasteiger partial charge in [0.1, 0.15) is 0 Å². The van der Waals surface area contributed by atoms with E-state index < -0.39 is 0 Å². The maximum absolute atomic E-state index is 3.21. The van der Waals surface area contributed by atoms with E-state index in [1.165, 1.54) is 12.0 Å². The van der Waals surface area contributed by atoms with Crippen LogP contribution in [0.1, 0.15) is 52.2 Å². The lowest BCUT2D eigenvalue weighted by Gasteiger charge is -2.06. The molecule has 88 valence electrons. The molecule has 0 bridgehead atoms. The second-order valence-electron chi connectivity index (χ2n) is 5.07. The average Bonchev–Trinajstić information content (AvgIpc) is 2.17. The number of aryl methyl sites for hydroxylation is 1. The third-order valence-electron chi connectivity index (χ3n) is 1.63. The van der Waals surface area contributed by atoms with Gasteiger partial charge in [0, 0.05) is 11.0 Å². The Bertz CT molecular complexity index is 338. The van der Waals surface area contributed by atoms with Crippen LogP contribution in [0.3, 0.4) is 0 Å². The Kier molecular flexibility index (Phi) is 6.58. The fourth-order valence-electron chi connectivity index (χ4n) is 0.897. The summed E-state index contributed by atoms with van der Waals surface area (Å²) in [6, 6.07) is 8.31. The molecule has 0 heterocycles. The fraction of sp³-hybridized carbons (Fsp3) is 0.500. The highest BCUT2D eigenvalue weighted by Gasteiger charge is 2.02. The van der Waals surface area contributed by atoms with Gasteiger partial charge in [0.05, 0.1) is 0 Å². The summed E-state index contributed by atoms with van der Waals surface area (Å²) in [5.41, 5.74) is 2.46. The Morgan fingerprint density at radius 3 is 1.81 bits per heavy atom. The Morgan fingerprint density at radius 1 is 1.00 bits per heavy atom. The zero-order chi connectivity index (χ0) is 12.6. The van der Waals surface area contributed by atoms with Gasteiger partial charge in [-0.05, 0) is 39.8 Å². The SMILES string of the molecule is CCC.Cc1ccc(C#CC(C)(C)C)cc1. The molecule has 0 atom stereocenters. The van der Waals surface area contributed by atoms with Gasteiger partial charge in [-0.1, -0.05) is 49.8 Å². The van der Waals surface area contributed by atoms with Gasteiger partial charge in [-0.25, -0.2) is 0 Å². The summed E-state index contributed by atoms with van der Waals surface area (Å²) in [5, 5.41) is 0. The highest BCUT2D eigenvalue weighted by atomic mass is 14.1. The van der Waals surface area contributed by atoms with Crippen LogP contribution in [0, 0.1) is 24.2 Å². The summed E-state index contributed by atoms with van der Waals surface area (Å²) in [5.74, 6) is 6.37. The zero-order valence-corrected chi connectivity index (χ0v) is 11.5. The van der Waals surface area contributed by atoms with E-state index in [-0.39, 0.29) is 5.41 Å². The third kappa shape index (κ3) is 8.12. The van der Waals surface area contributed by atoms with Gasteiger partial charge in [-0.2, -0.15) is 0 Å². The van der Waals surface area contributed by atoms with Gasteiger partial charge in [0.15, 0.2) is 0 Å². The van der Waals surface area contributed by atoms with Gasteiger partial charge in [0.2, 0.25) is 0 Å². The second-order valence-corrected chi connectivity index (χ2v) is 5.07. The first-order valence-electron chi connectivity index (χ1n) is 5.99. The quantitative estimate of drug-likeness (QED) is 0.546. The predicted octanol–water partition coefficient (Wildman–Crippen LogP) is 4.81. The first-order chi connectivity index (χ1) is 7.39. The minimum atomic E-state index is 0.0882. The van der Waals surface area contributed by atoms with E-state index in [2.05, 4.69) is 77.6 Å². The molecule has 0 radical (unpaired) electrons. The van der Waals surface area contributed by atoms with Gasteiger partial charge >= 0.3 is 0 Å². The standard InChI is InChI=1S/C13H16.C3H8/c1-11-5-7-12(8-6-11)9-10-13(2,3)4;1-3-2/h5-8H,1-4H3;3H2,1-2H3. The number of hydrogen-bond acceptors (Lipinski definition) is 0. The molecule has 0 aromatic heterocycles. The van der Waals surface area contributed by atoms with Crippen LogP contribution in [0.15, 0.2) is 24.3 Å². The summed E-state index contributed by atoms with van der Waals surface area (Å²) in [4.78, 5) is 0. The molecule has 1 aromatic carbocycles. The maximum atomic E-state index is 3.21. The lowest BCUT2D eigenvalue weighted by atomic mass is 9.97. The predicted molar refractivity (Wildman–Crippen MR) is 73.5 cm³/mol. The molecule has 1 rings (SSSR count). The first-order valence-corrected chi connectivity index (χ1v) is 5.99. The third-order valence-corrected chi connectivity index (χ3v) is 1.63. The van der Waals surface area contributed by atoms with Crippen LogP contribution < -0.4 is 0 Å². The molecular weight excluding hydrogens is 192 g/mol. The van der Waals surface area contributed by atoms with Crippen molar-refractivity contribution in [2.75, 3.05) is 0 Å². The van der Waals surface area contributed by atoms with E-state index in [0.29, 0.717) is 0 Å². The average molecular weight is 216 g/mol. The van der Waals surface area contributed by atoms with Crippen LogP contribution in [0.5, 0.6) is 0 Å². The number of rotatable bonds is 0. The Morgan fingerprint density at radius 2 is 1.44 bits per heavy atom. The van der Waals surface area contributed by atoms with Gasteiger partial charge in [0.25, 0.3) is 0 Å². The molecule has 0 heteroatoms. The zero-order valence-electron chi connectivity index (χ0n) is 11.5. The molecule has 0 unspecified atom stereocenters. The van der Waals surface area contributed by atoms with Gasteiger partial charge < -0.3 is 0 Å². The first kappa shape index (κ1) is 14.8. The summed E-state index contributed by atoms with van der Waals surface area (Å²) >= 11 is 0.